The molecule has 1 aromatic carbocycles. The van der Waals surface area contributed by atoms with E-state index in [1.165, 1.54) is 0 Å². The van der Waals surface area contributed by atoms with Crippen molar-refractivity contribution in [3.05, 3.63) is 29.8 Å². The SMILES string of the molecule is Cc1ccccc1OCCN(C)C(=O)[C@@H]1C[C@@H]1C(=O)O. The number of para-hydroxylation sites is 1. The molecule has 0 bridgehead atoms. The molecule has 20 heavy (non-hydrogen) atoms. The average Bonchev–Trinajstić information content (AvgIpc) is 3.20. The molecule has 0 aliphatic heterocycles. The van der Waals surface area contributed by atoms with E-state index >= 15 is 0 Å². The lowest BCUT2D eigenvalue weighted by molar-refractivity contribution is -0.141. The van der Waals surface area contributed by atoms with Crippen LogP contribution >= 0.6 is 0 Å². The van der Waals surface area contributed by atoms with E-state index in [0.717, 1.165) is 11.3 Å². The van der Waals surface area contributed by atoms with Crippen molar-refractivity contribution in [3.63, 3.8) is 0 Å². The number of aryl methyl sites for hydroxylation is 1. The van der Waals surface area contributed by atoms with Crippen molar-refractivity contribution >= 4 is 11.9 Å². The van der Waals surface area contributed by atoms with E-state index in [1.54, 1.807) is 11.9 Å². The molecule has 1 saturated carbocycles. The fraction of sp³-hybridized carbons (Fsp3) is 0.467. The van der Waals surface area contributed by atoms with Crippen LogP contribution in [0.2, 0.25) is 0 Å². The van der Waals surface area contributed by atoms with Crippen LogP contribution in [-0.4, -0.2) is 42.1 Å². The number of aliphatic carboxylic acids is 1. The van der Waals surface area contributed by atoms with Crippen LogP contribution in [0.15, 0.2) is 24.3 Å². The molecule has 1 amide bonds. The molecule has 1 fully saturated rings. The maximum Gasteiger partial charge on any atom is 0.307 e. The number of ether oxygens (including phenoxy) is 1. The van der Waals surface area contributed by atoms with Gasteiger partial charge in [-0.25, -0.2) is 0 Å². The number of nitrogens with zero attached hydrogens (tertiary/aromatic N) is 1. The zero-order valence-electron chi connectivity index (χ0n) is 11.7. The smallest absolute Gasteiger partial charge is 0.307 e. The number of hydrogen-bond acceptors (Lipinski definition) is 3. The molecule has 0 spiro atoms. The molecule has 0 saturated heterocycles. The molecule has 5 nitrogen and oxygen atoms in total. The fourth-order valence-electron chi connectivity index (χ4n) is 2.15. The third-order valence-corrected chi connectivity index (χ3v) is 3.58. The number of amides is 1. The molecule has 0 aromatic heterocycles. The number of likely N-dealkylation sites (N-methyl/N-ethyl adjacent to an activating group) is 1. The summed E-state index contributed by atoms with van der Waals surface area (Å²) in [6, 6.07) is 7.69. The highest BCUT2D eigenvalue weighted by Crippen LogP contribution is 2.39. The summed E-state index contributed by atoms with van der Waals surface area (Å²) >= 11 is 0. The lowest BCUT2D eigenvalue weighted by Gasteiger charge is -2.18. The standard InChI is InChI=1S/C15H19NO4/c1-10-5-3-4-6-13(10)20-8-7-16(2)14(17)11-9-12(11)15(18)19/h3-6,11-12H,7-9H2,1-2H3,(H,18,19)/t11-,12+/m1/s1. The number of carbonyl (C=O) groups is 2. The first-order chi connectivity index (χ1) is 9.50. The minimum Gasteiger partial charge on any atom is -0.491 e. The van der Waals surface area contributed by atoms with Crippen molar-refractivity contribution in [3.8, 4) is 5.75 Å². The van der Waals surface area contributed by atoms with Gasteiger partial charge < -0.3 is 14.7 Å². The van der Waals surface area contributed by atoms with Gasteiger partial charge in [0.2, 0.25) is 5.91 Å². The van der Waals surface area contributed by atoms with Crippen LogP contribution < -0.4 is 4.74 Å². The lowest BCUT2D eigenvalue weighted by Crippen LogP contribution is -2.32. The molecule has 2 atom stereocenters. The molecule has 0 heterocycles. The fourth-order valence-corrected chi connectivity index (χ4v) is 2.15. The van der Waals surface area contributed by atoms with Gasteiger partial charge in [-0.2, -0.15) is 0 Å². The first kappa shape index (κ1) is 14.4. The molecule has 2 rings (SSSR count). The normalized spacial score (nSPS) is 20.3. The number of carboxylic acid groups (broad SMARTS) is 1. The van der Waals surface area contributed by atoms with Gasteiger partial charge in [-0.1, -0.05) is 18.2 Å². The Morgan fingerprint density at radius 2 is 2.05 bits per heavy atom. The zero-order chi connectivity index (χ0) is 14.7. The van der Waals surface area contributed by atoms with E-state index in [1.807, 2.05) is 31.2 Å². The Hall–Kier alpha value is -2.04. The van der Waals surface area contributed by atoms with Crippen molar-refractivity contribution in [1.29, 1.82) is 0 Å². The van der Waals surface area contributed by atoms with Crippen LogP contribution in [0.5, 0.6) is 5.75 Å². The van der Waals surface area contributed by atoms with E-state index in [0.29, 0.717) is 19.6 Å². The highest BCUT2D eigenvalue weighted by atomic mass is 16.5. The Kier molecular flexibility index (Phi) is 4.27. The summed E-state index contributed by atoms with van der Waals surface area (Å²) in [5, 5.41) is 8.81. The summed E-state index contributed by atoms with van der Waals surface area (Å²) in [4.78, 5) is 24.2. The topological polar surface area (TPSA) is 66.8 Å². The quantitative estimate of drug-likeness (QED) is 0.856. The largest absolute Gasteiger partial charge is 0.491 e. The minimum atomic E-state index is -0.882. The van der Waals surface area contributed by atoms with E-state index in [2.05, 4.69) is 0 Å². The van der Waals surface area contributed by atoms with Gasteiger partial charge in [0.05, 0.1) is 18.4 Å². The number of carboxylic acids is 1. The van der Waals surface area contributed by atoms with Crippen molar-refractivity contribution in [2.75, 3.05) is 20.2 Å². The van der Waals surface area contributed by atoms with Crippen molar-refractivity contribution in [2.45, 2.75) is 13.3 Å². The Morgan fingerprint density at radius 3 is 2.65 bits per heavy atom. The molecule has 1 aliphatic carbocycles. The van der Waals surface area contributed by atoms with E-state index < -0.39 is 11.9 Å². The molecule has 0 radical (unpaired) electrons. The molecule has 1 N–H and O–H groups in total. The van der Waals surface area contributed by atoms with Gasteiger partial charge in [-0.3, -0.25) is 9.59 Å². The highest BCUT2D eigenvalue weighted by molar-refractivity contribution is 5.89. The maximum absolute atomic E-state index is 11.9. The van der Waals surface area contributed by atoms with E-state index in [4.69, 9.17) is 9.84 Å². The first-order valence-electron chi connectivity index (χ1n) is 6.67. The molecular formula is C15H19NO4. The van der Waals surface area contributed by atoms with Crippen LogP contribution in [0, 0.1) is 18.8 Å². The predicted octanol–water partition coefficient (Wildman–Crippen LogP) is 1.55. The van der Waals surface area contributed by atoms with E-state index in [9.17, 15) is 9.59 Å². The van der Waals surface area contributed by atoms with Crippen molar-refractivity contribution in [1.82, 2.24) is 4.90 Å². The second-order valence-corrected chi connectivity index (χ2v) is 5.16. The van der Waals surface area contributed by atoms with Crippen LogP contribution in [0.1, 0.15) is 12.0 Å². The number of hydrogen-bond donors (Lipinski definition) is 1. The van der Waals surface area contributed by atoms with Gasteiger partial charge in [0.15, 0.2) is 0 Å². The predicted molar refractivity (Wildman–Crippen MR) is 73.5 cm³/mol. The molecular weight excluding hydrogens is 258 g/mol. The molecule has 1 aliphatic rings. The van der Waals surface area contributed by atoms with Crippen LogP contribution in [0.4, 0.5) is 0 Å². The molecule has 1 aromatic rings. The third-order valence-electron chi connectivity index (χ3n) is 3.58. The maximum atomic E-state index is 11.9. The van der Waals surface area contributed by atoms with Gasteiger partial charge in [0.1, 0.15) is 12.4 Å². The molecule has 0 unspecified atom stereocenters. The molecule has 5 heteroatoms. The minimum absolute atomic E-state index is 0.106. The summed E-state index contributed by atoms with van der Waals surface area (Å²) in [7, 11) is 1.68. The third kappa shape index (κ3) is 3.29. The summed E-state index contributed by atoms with van der Waals surface area (Å²) in [6.07, 6.45) is 0.456. The highest BCUT2D eigenvalue weighted by Gasteiger charge is 2.49. The van der Waals surface area contributed by atoms with E-state index in [-0.39, 0.29) is 11.8 Å². The summed E-state index contributed by atoms with van der Waals surface area (Å²) in [6.45, 7) is 2.82. The number of benzene rings is 1. The average molecular weight is 277 g/mol. The van der Waals surface area contributed by atoms with Crippen LogP contribution in [0.3, 0.4) is 0 Å². The summed E-state index contributed by atoms with van der Waals surface area (Å²) in [5.74, 6) is -1.03. The number of rotatable bonds is 6. The van der Waals surface area contributed by atoms with Crippen molar-refractivity contribution < 1.29 is 19.4 Å². The Bertz CT molecular complexity index is 514. The van der Waals surface area contributed by atoms with Gasteiger partial charge in [-0.05, 0) is 25.0 Å². The zero-order valence-corrected chi connectivity index (χ0v) is 11.7. The monoisotopic (exact) mass is 277 g/mol. The molecule has 108 valence electrons. The Morgan fingerprint density at radius 1 is 1.35 bits per heavy atom. The van der Waals surface area contributed by atoms with Gasteiger partial charge in [0, 0.05) is 7.05 Å². The second-order valence-electron chi connectivity index (χ2n) is 5.16. The van der Waals surface area contributed by atoms with Gasteiger partial charge >= 0.3 is 5.97 Å². The summed E-state index contributed by atoms with van der Waals surface area (Å²) in [5.41, 5.74) is 1.05. The van der Waals surface area contributed by atoms with Gasteiger partial charge in [-0.15, -0.1) is 0 Å². The Balaban J connectivity index is 1.76. The first-order valence-corrected chi connectivity index (χ1v) is 6.67. The van der Waals surface area contributed by atoms with Crippen LogP contribution in [-0.2, 0) is 9.59 Å². The van der Waals surface area contributed by atoms with Crippen LogP contribution in [0.25, 0.3) is 0 Å². The van der Waals surface area contributed by atoms with Gasteiger partial charge in [0.25, 0.3) is 0 Å². The van der Waals surface area contributed by atoms with Crippen molar-refractivity contribution in [2.24, 2.45) is 11.8 Å². The summed E-state index contributed by atoms with van der Waals surface area (Å²) < 4.78 is 5.62. The Labute approximate surface area is 118 Å². The second kappa shape index (κ2) is 5.94. The lowest BCUT2D eigenvalue weighted by atomic mass is 10.2. The number of carbonyl (C=O) groups excluding carboxylic acids is 1.